The summed E-state index contributed by atoms with van der Waals surface area (Å²) in [7, 11) is -1.51. The molecule has 8 heteroatoms. The van der Waals surface area contributed by atoms with Gasteiger partial charge < -0.3 is 15.4 Å². The molecule has 1 unspecified atom stereocenters. The number of carbonyl (C=O) groups is 2. The van der Waals surface area contributed by atoms with Crippen LogP contribution in [0.3, 0.4) is 0 Å². The van der Waals surface area contributed by atoms with Crippen LogP contribution in [0.2, 0.25) is 0 Å². The van der Waals surface area contributed by atoms with E-state index in [4.69, 9.17) is 4.74 Å². The van der Waals surface area contributed by atoms with Gasteiger partial charge in [0.15, 0.2) is 9.84 Å². The number of nitrogens with one attached hydrogen (secondary N) is 2. The lowest BCUT2D eigenvalue weighted by molar-refractivity contribution is -0.129. The van der Waals surface area contributed by atoms with Gasteiger partial charge in [-0.2, -0.15) is 0 Å². The molecule has 7 nitrogen and oxygen atoms in total. The van der Waals surface area contributed by atoms with E-state index in [9.17, 15) is 18.0 Å². The number of sulfone groups is 1. The van der Waals surface area contributed by atoms with Crippen LogP contribution in [0, 0.1) is 0 Å². The summed E-state index contributed by atoms with van der Waals surface area (Å²) in [4.78, 5) is 23.6. The van der Waals surface area contributed by atoms with Crippen LogP contribution in [0.25, 0.3) is 0 Å². The molecule has 0 aliphatic carbocycles. The Kier molecular flexibility index (Phi) is 5.59. The molecule has 1 saturated heterocycles. The fourth-order valence-electron chi connectivity index (χ4n) is 2.44. The standard InChI is InChI=1S/C15H20N2O5S/c1-22-13-5-3-2-4-11(13)9-16-14(18)8-15(19)17-12-6-7-23(20,21)10-12/h2-5,12H,6-10H2,1H3,(H,16,18)(H,17,19). The first-order chi connectivity index (χ1) is 10.9. The molecule has 0 radical (unpaired) electrons. The minimum atomic E-state index is -3.05. The van der Waals surface area contributed by atoms with E-state index < -0.39 is 27.7 Å². The Bertz CT molecular complexity index is 687. The van der Waals surface area contributed by atoms with Crippen molar-refractivity contribution in [2.75, 3.05) is 18.6 Å². The van der Waals surface area contributed by atoms with Crippen molar-refractivity contribution in [2.24, 2.45) is 0 Å². The summed E-state index contributed by atoms with van der Waals surface area (Å²) in [5, 5.41) is 5.23. The van der Waals surface area contributed by atoms with Gasteiger partial charge in [-0.05, 0) is 12.5 Å². The van der Waals surface area contributed by atoms with Gasteiger partial charge in [0.1, 0.15) is 12.2 Å². The summed E-state index contributed by atoms with van der Waals surface area (Å²) in [6.45, 7) is 0.258. The number of ether oxygens (including phenoxy) is 1. The van der Waals surface area contributed by atoms with Gasteiger partial charge in [-0.1, -0.05) is 18.2 Å². The molecule has 2 amide bonds. The van der Waals surface area contributed by atoms with Gasteiger partial charge in [-0.25, -0.2) is 8.42 Å². The second kappa shape index (κ2) is 7.45. The Hall–Kier alpha value is -2.09. The zero-order valence-electron chi connectivity index (χ0n) is 12.9. The molecule has 1 fully saturated rings. The smallest absolute Gasteiger partial charge is 0.229 e. The van der Waals surface area contributed by atoms with E-state index in [0.717, 1.165) is 5.56 Å². The van der Waals surface area contributed by atoms with E-state index in [2.05, 4.69) is 10.6 Å². The van der Waals surface area contributed by atoms with Gasteiger partial charge in [0.05, 0.1) is 18.6 Å². The van der Waals surface area contributed by atoms with Crippen LogP contribution >= 0.6 is 0 Å². The fraction of sp³-hybridized carbons (Fsp3) is 0.467. The number of benzene rings is 1. The third kappa shape index (κ3) is 5.24. The average Bonchev–Trinajstić information content (AvgIpc) is 2.84. The number of para-hydroxylation sites is 1. The van der Waals surface area contributed by atoms with E-state index in [1.54, 1.807) is 13.2 Å². The molecule has 1 heterocycles. The Morgan fingerprint density at radius 2 is 2.00 bits per heavy atom. The Labute approximate surface area is 135 Å². The van der Waals surface area contributed by atoms with Gasteiger partial charge in [-0.15, -0.1) is 0 Å². The SMILES string of the molecule is COc1ccccc1CNC(=O)CC(=O)NC1CCS(=O)(=O)C1. The summed E-state index contributed by atoms with van der Waals surface area (Å²) in [6.07, 6.45) is 0.0720. The highest BCUT2D eigenvalue weighted by Crippen LogP contribution is 2.16. The van der Waals surface area contributed by atoms with E-state index in [-0.39, 0.29) is 24.5 Å². The van der Waals surface area contributed by atoms with E-state index >= 15 is 0 Å². The maximum atomic E-state index is 11.8. The lowest BCUT2D eigenvalue weighted by Gasteiger charge is -2.12. The highest BCUT2D eigenvalue weighted by atomic mass is 32.2. The molecule has 126 valence electrons. The van der Waals surface area contributed by atoms with Gasteiger partial charge in [0.2, 0.25) is 11.8 Å². The highest BCUT2D eigenvalue weighted by Gasteiger charge is 2.29. The maximum Gasteiger partial charge on any atom is 0.229 e. The first-order valence-corrected chi connectivity index (χ1v) is 9.10. The topological polar surface area (TPSA) is 102 Å². The van der Waals surface area contributed by atoms with Crippen LogP contribution in [0.1, 0.15) is 18.4 Å². The molecule has 0 aromatic heterocycles. The number of rotatable bonds is 6. The highest BCUT2D eigenvalue weighted by molar-refractivity contribution is 7.91. The molecule has 1 aliphatic heterocycles. The van der Waals surface area contributed by atoms with E-state index in [0.29, 0.717) is 12.2 Å². The molecular formula is C15H20N2O5S. The Balaban J connectivity index is 1.77. The molecule has 0 bridgehead atoms. The minimum absolute atomic E-state index is 0.0540. The first-order valence-electron chi connectivity index (χ1n) is 7.28. The number of hydrogen-bond acceptors (Lipinski definition) is 5. The molecule has 0 spiro atoms. The van der Waals surface area contributed by atoms with Crippen molar-refractivity contribution in [2.45, 2.75) is 25.4 Å². The van der Waals surface area contributed by atoms with E-state index in [1.165, 1.54) is 0 Å². The zero-order chi connectivity index (χ0) is 16.9. The van der Waals surface area contributed by atoms with Crippen molar-refractivity contribution in [1.82, 2.24) is 10.6 Å². The minimum Gasteiger partial charge on any atom is -0.496 e. The molecule has 2 rings (SSSR count). The monoisotopic (exact) mass is 340 g/mol. The van der Waals surface area contributed by atoms with Crippen molar-refractivity contribution in [3.05, 3.63) is 29.8 Å². The number of methoxy groups -OCH3 is 1. The number of amides is 2. The molecule has 1 atom stereocenters. The van der Waals surface area contributed by atoms with Gasteiger partial charge >= 0.3 is 0 Å². The predicted octanol–water partition coefficient (Wildman–Crippen LogP) is 0.00480. The summed E-state index contributed by atoms with van der Waals surface area (Å²) in [5.41, 5.74) is 0.811. The van der Waals surface area contributed by atoms with Gasteiger partial charge in [-0.3, -0.25) is 9.59 Å². The number of carbonyl (C=O) groups excluding carboxylic acids is 2. The Morgan fingerprint density at radius 3 is 2.65 bits per heavy atom. The lowest BCUT2D eigenvalue weighted by Crippen LogP contribution is -2.38. The molecule has 1 aromatic rings. The van der Waals surface area contributed by atoms with Gasteiger partial charge in [0.25, 0.3) is 0 Å². The van der Waals surface area contributed by atoms with Crippen LogP contribution in [-0.2, 0) is 26.0 Å². The van der Waals surface area contributed by atoms with E-state index in [1.807, 2.05) is 18.2 Å². The van der Waals surface area contributed by atoms with Crippen molar-refractivity contribution in [3.8, 4) is 5.75 Å². The first kappa shape index (κ1) is 17.3. The molecular weight excluding hydrogens is 320 g/mol. The summed E-state index contributed by atoms with van der Waals surface area (Å²) < 4.78 is 27.8. The van der Waals surface area contributed by atoms with Crippen molar-refractivity contribution in [1.29, 1.82) is 0 Å². The third-order valence-electron chi connectivity index (χ3n) is 3.59. The molecule has 2 N–H and O–H groups in total. The second-order valence-corrected chi connectivity index (χ2v) is 7.66. The molecule has 1 aromatic carbocycles. The van der Waals surface area contributed by atoms with Crippen LogP contribution in [0.15, 0.2) is 24.3 Å². The molecule has 23 heavy (non-hydrogen) atoms. The largest absolute Gasteiger partial charge is 0.496 e. The predicted molar refractivity (Wildman–Crippen MR) is 84.7 cm³/mol. The quantitative estimate of drug-likeness (QED) is 0.710. The molecule has 1 aliphatic rings. The van der Waals surface area contributed by atoms with Crippen molar-refractivity contribution >= 4 is 21.7 Å². The Morgan fingerprint density at radius 1 is 1.26 bits per heavy atom. The van der Waals surface area contributed by atoms with Crippen LogP contribution in [0.4, 0.5) is 0 Å². The summed E-state index contributed by atoms with van der Waals surface area (Å²) in [6, 6.07) is 6.87. The second-order valence-electron chi connectivity index (χ2n) is 5.43. The van der Waals surface area contributed by atoms with Crippen molar-refractivity contribution in [3.63, 3.8) is 0 Å². The molecule has 0 saturated carbocycles. The number of hydrogen-bond donors (Lipinski definition) is 2. The normalized spacial score (nSPS) is 19.1. The van der Waals surface area contributed by atoms with Crippen LogP contribution in [-0.4, -0.2) is 44.9 Å². The average molecular weight is 340 g/mol. The zero-order valence-corrected chi connectivity index (χ0v) is 13.7. The van der Waals surface area contributed by atoms with Crippen LogP contribution in [0.5, 0.6) is 5.75 Å². The summed E-state index contributed by atoms with van der Waals surface area (Å²) >= 11 is 0. The van der Waals surface area contributed by atoms with Crippen LogP contribution < -0.4 is 15.4 Å². The van der Waals surface area contributed by atoms with Gasteiger partial charge in [0, 0.05) is 18.2 Å². The van der Waals surface area contributed by atoms with Crippen molar-refractivity contribution < 1.29 is 22.7 Å². The maximum absolute atomic E-state index is 11.8. The third-order valence-corrected chi connectivity index (χ3v) is 5.36. The fourth-order valence-corrected chi connectivity index (χ4v) is 4.11. The lowest BCUT2D eigenvalue weighted by atomic mass is 10.2. The summed E-state index contributed by atoms with van der Waals surface area (Å²) in [5.74, 6) is -0.202.